The van der Waals surface area contributed by atoms with Gasteiger partial charge >= 0.3 is 12.1 Å². The zero-order chi connectivity index (χ0) is 24.1. The lowest BCUT2D eigenvalue weighted by molar-refractivity contribution is -0.150. The van der Waals surface area contributed by atoms with Gasteiger partial charge in [0.15, 0.2) is 0 Å². The van der Waals surface area contributed by atoms with Gasteiger partial charge in [-0.3, -0.25) is 4.79 Å². The molecule has 182 valence electrons. The van der Waals surface area contributed by atoms with Crippen LogP contribution in [0, 0.1) is 17.8 Å². The summed E-state index contributed by atoms with van der Waals surface area (Å²) in [4.78, 5) is 39.5. The molecule has 0 aromatic heterocycles. The highest BCUT2D eigenvalue weighted by Gasteiger charge is 2.54. The summed E-state index contributed by atoms with van der Waals surface area (Å²) in [5.74, 6) is -0.294. The second kappa shape index (κ2) is 8.90. The summed E-state index contributed by atoms with van der Waals surface area (Å²) in [5, 5.41) is 12.6. The second-order valence-corrected chi connectivity index (χ2v) is 11.0. The molecule has 3 fully saturated rings. The lowest BCUT2D eigenvalue weighted by Crippen LogP contribution is -2.53. The van der Waals surface area contributed by atoms with E-state index in [1.165, 1.54) is 27.8 Å². The minimum atomic E-state index is -0.965. The van der Waals surface area contributed by atoms with Crippen LogP contribution >= 0.6 is 11.8 Å². The maximum absolute atomic E-state index is 13.4. The number of nitrogens with zero attached hydrogens (tertiary/aromatic N) is 1. The van der Waals surface area contributed by atoms with E-state index in [0.717, 1.165) is 30.4 Å². The molecule has 3 aliphatic carbocycles. The van der Waals surface area contributed by atoms with Crippen LogP contribution in [0.4, 0.5) is 4.79 Å². The Balaban J connectivity index is 1.15. The Bertz CT molecular complexity index is 1140. The predicted molar refractivity (Wildman–Crippen MR) is 132 cm³/mol. The molecule has 0 radical (unpaired) electrons. The third kappa shape index (κ3) is 3.78. The number of rotatable bonds is 5. The van der Waals surface area contributed by atoms with Crippen LogP contribution in [0.25, 0.3) is 11.1 Å². The molecule has 1 saturated heterocycles. The largest absolute Gasteiger partial charge is 0.480 e. The van der Waals surface area contributed by atoms with Gasteiger partial charge in [0, 0.05) is 17.7 Å². The standard InChI is InChI=1S/C27H28N2O5S/c30-25(29-14-35-13-22(29)26(31)32)23-15-9-10-16(11-15)24(23)28-27(33)34-12-21-19-7-3-1-5-17(19)18-6-2-4-8-20(18)21/h1-8,15-16,21-24H,9-14H2,(H,28,33)(H,31,32)/t15?,16?,22-,23?,24?/m0/s1. The summed E-state index contributed by atoms with van der Waals surface area (Å²) < 4.78 is 5.75. The van der Waals surface area contributed by atoms with Crippen LogP contribution in [0.5, 0.6) is 0 Å². The van der Waals surface area contributed by atoms with E-state index in [2.05, 4.69) is 29.6 Å². The lowest BCUT2D eigenvalue weighted by Gasteiger charge is -2.34. The van der Waals surface area contributed by atoms with Crippen LogP contribution in [0.3, 0.4) is 0 Å². The summed E-state index contributed by atoms with van der Waals surface area (Å²) in [6.07, 6.45) is 2.30. The summed E-state index contributed by atoms with van der Waals surface area (Å²) in [5.41, 5.74) is 4.65. The molecule has 8 heteroatoms. The Hall–Kier alpha value is -3.00. The van der Waals surface area contributed by atoms with Crippen LogP contribution < -0.4 is 5.32 Å². The molecule has 2 aromatic carbocycles. The van der Waals surface area contributed by atoms with Crippen LogP contribution in [0.2, 0.25) is 0 Å². The van der Waals surface area contributed by atoms with Crippen molar-refractivity contribution in [3.8, 4) is 11.1 Å². The first-order valence-electron chi connectivity index (χ1n) is 12.3. The molecule has 2 amide bonds. The van der Waals surface area contributed by atoms with Crippen molar-refractivity contribution in [2.75, 3.05) is 18.2 Å². The molecule has 4 aliphatic rings. The molecule has 35 heavy (non-hydrogen) atoms. The molecular weight excluding hydrogens is 464 g/mol. The normalized spacial score (nSPS) is 28.6. The summed E-state index contributed by atoms with van der Waals surface area (Å²) in [7, 11) is 0. The number of ether oxygens (including phenoxy) is 1. The first kappa shape index (κ1) is 22.5. The fraction of sp³-hybridized carbons (Fsp3) is 0.444. The summed E-state index contributed by atoms with van der Waals surface area (Å²) in [6, 6.07) is 15.3. The van der Waals surface area contributed by atoms with Crippen molar-refractivity contribution in [2.24, 2.45) is 17.8 Å². The van der Waals surface area contributed by atoms with Crippen molar-refractivity contribution in [3.63, 3.8) is 0 Å². The maximum atomic E-state index is 13.4. The average Bonchev–Trinajstić information content (AvgIpc) is 3.65. The number of benzene rings is 2. The van der Waals surface area contributed by atoms with Crippen molar-refractivity contribution >= 4 is 29.7 Å². The number of hydrogen-bond donors (Lipinski definition) is 2. The second-order valence-electron chi connectivity index (χ2n) is 10.0. The number of carboxylic acid groups (broad SMARTS) is 1. The number of nitrogens with one attached hydrogen (secondary N) is 1. The maximum Gasteiger partial charge on any atom is 0.407 e. The Morgan fingerprint density at radius 2 is 1.66 bits per heavy atom. The van der Waals surface area contributed by atoms with E-state index in [-0.39, 0.29) is 42.2 Å². The van der Waals surface area contributed by atoms with Gasteiger partial charge in [0.2, 0.25) is 5.91 Å². The van der Waals surface area contributed by atoms with Gasteiger partial charge in [-0.25, -0.2) is 9.59 Å². The molecule has 2 N–H and O–H groups in total. The first-order valence-corrected chi connectivity index (χ1v) is 13.4. The van der Waals surface area contributed by atoms with Crippen LogP contribution in [-0.2, 0) is 14.3 Å². The van der Waals surface area contributed by atoms with E-state index in [1.807, 2.05) is 24.3 Å². The van der Waals surface area contributed by atoms with E-state index in [9.17, 15) is 19.5 Å². The van der Waals surface area contributed by atoms with Gasteiger partial charge < -0.3 is 20.1 Å². The van der Waals surface area contributed by atoms with Gasteiger partial charge in [-0.15, -0.1) is 11.8 Å². The zero-order valence-corrected chi connectivity index (χ0v) is 20.1. The number of hydrogen-bond acceptors (Lipinski definition) is 5. The van der Waals surface area contributed by atoms with E-state index in [1.54, 1.807) is 0 Å². The fourth-order valence-corrected chi connectivity index (χ4v) is 7.84. The summed E-state index contributed by atoms with van der Waals surface area (Å²) >= 11 is 1.46. The molecular formula is C27H28N2O5S. The number of carbonyl (C=O) groups is 3. The quantitative estimate of drug-likeness (QED) is 0.657. The lowest BCUT2D eigenvalue weighted by atomic mass is 9.83. The summed E-state index contributed by atoms with van der Waals surface area (Å²) in [6.45, 7) is 0.225. The number of fused-ring (bicyclic) bond motifs is 5. The number of aliphatic carboxylic acids is 1. The third-order valence-electron chi connectivity index (χ3n) is 8.28. The van der Waals surface area contributed by atoms with E-state index >= 15 is 0 Å². The molecule has 7 nitrogen and oxygen atoms in total. The number of amides is 2. The SMILES string of the molecule is O=C(NC1C2CCC(C2)C1C(=O)N1CSC[C@H]1C(=O)O)OCC1c2ccccc2-c2ccccc21. The van der Waals surface area contributed by atoms with Crippen molar-refractivity contribution < 1.29 is 24.2 Å². The Labute approximate surface area is 208 Å². The number of carboxylic acids is 1. The first-order chi connectivity index (χ1) is 17.0. The number of thioether (sulfide) groups is 1. The Morgan fingerprint density at radius 1 is 1.00 bits per heavy atom. The molecule has 2 aromatic rings. The van der Waals surface area contributed by atoms with Crippen molar-refractivity contribution in [1.82, 2.24) is 10.2 Å². The van der Waals surface area contributed by atoms with Crippen molar-refractivity contribution in [3.05, 3.63) is 59.7 Å². The van der Waals surface area contributed by atoms with Crippen LogP contribution in [0.15, 0.2) is 48.5 Å². The molecule has 5 atom stereocenters. The molecule has 0 spiro atoms. The molecule has 6 rings (SSSR count). The average molecular weight is 493 g/mol. The highest BCUT2D eigenvalue weighted by molar-refractivity contribution is 7.99. The van der Waals surface area contributed by atoms with Crippen molar-refractivity contribution in [2.45, 2.75) is 37.3 Å². The third-order valence-corrected chi connectivity index (χ3v) is 9.29. The molecule has 4 unspecified atom stereocenters. The fourth-order valence-electron chi connectivity index (χ4n) is 6.69. The number of carbonyl (C=O) groups excluding carboxylic acids is 2. The van der Waals surface area contributed by atoms with E-state index in [4.69, 9.17) is 4.74 Å². The Morgan fingerprint density at radius 3 is 2.34 bits per heavy atom. The van der Waals surface area contributed by atoms with Gasteiger partial charge in [-0.05, 0) is 53.4 Å². The van der Waals surface area contributed by atoms with Gasteiger partial charge in [0.25, 0.3) is 0 Å². The minimum absolute atomic E-state index is 0.0245. The van der Waals surface area contributed by atoms with E-state index < -0.39 is 18.1 Å². The zero-order valence-electron chi connectivity index (χ0n) is 19.3. The Kier molecular flexibility index (Phi) is 5.71. The highest BCUT2D eigenvalue weighted by Crippen LogP contribution is 2.50. The van der Waals surface area contributed by atoms with Gasteiger partial charge in [-0.1, -0.05) is 48.5 Å². The van der Waals surface area contributed by atoms with Gasteiger partial charge in [-0.2, -0.15) is 0 Å². The monoisotopic (exact) mass is 492 g/mol. The smallest absolute Gasteiger partial charge is 0.407 e. The molecule has 1 heterocycles. The van der Waals surface area contributed by atoms with Crippen LogP contribution in [0.1, 0.15) is 36.3 Å². The van der Waals surface area contributed by atoms with Crippen LogP contribution in [-0.4, -0.2) is 58.3 Å². The number of alkyl carbamates (subject to hydrolysis) is 1. The molecule has 2 saturated carbocycles. The predicted octanol–water partition coefficient (Wildman–Crippen LogP) is 3.93. The van der Waals surface area contributed by atoms with Crippen molar-refractivity contribution in [1.29, 1.82) is 0 Å². The van der Waals surface area contributed by atoms with Gasteiger partial charge in [0.05, 0.1) is 11.8 Å². The molecule has 2 bridgehead atoms. The van der Waals surface area contributed by atoms with E-state index in [0.29, 0.717) is 11.6 Å². The molecule has 1 aliphatic heterocycles. The highest BCUT2D eigenvalue weighted by atomic mass is 32.2. The minimum Gasteiger partial charge on any atom is -0.480 e. The topological polar surface area (TPSA) is 95.9 Å². The van der Waals surface area contributed by atoms with Gasteiger partial charge in [0.1, 0.15) is 12.6 Å².